The minimum Gasteiger partial charge on any atom is -0.336 e. The van der Waals surface area contributed by atoms with Crippen molar-refractivity contribution in [2.75, 3.05) is 0 Å². The fraction of sp³-hybridized carbons (Fsp3) is 0. The Morgan fingerprint density at radius 2 is 2.50 bits per heavy atom. The van der Waals surface area contributed by atoms with Gasteiger partial charge >= 0.3 is 5.97 Å². The molecular formula is C7H3FN2O2S2. The highest BCUT2D eigenvalue weighted by Gasteiger charge is 2.10. The average molecular weight is 230 g/mol. The molecule has 2 heterocycles. The van der Waals surface area contributed by atoms with Crippen LogP contribution in [0.1, 0.15) is 10.4 Å². The molecule has 0 aliphatic carbocycles. The van der Waals surface area contributed by atoms with Gasteiger partial charge in [0.1, 0.15) is 4.83 Å². The smallest absolute Gasteiger partial charge is 0.336 e. The van der Waals surface area contributed by atoms with Gasteiger partial charge in [-0.2, -0.15) is 0 Å². The normalized spacial score (nSPS) is 10.4. The first-order chi connectivity index (χ1) is 6.70. The number of carbonyl (C=O) groups excluding carboxylic acids is 1. The number of hydrogen-bond donors (Lipinski definition) is 1. The number of rotatable bonds is 1. The van der Waals surface area contributed by atoms with Gasteiger partial charge in [0.25, 0.3) is 0 Å². The van der Waals surface area contributed by atoms with Crippen molar-refractivity contribution in [2.45, 2.75) is 0 Å². The molecule has 0 unspecified atom stereocenters. The molecule has 14 heavy (non-hydrogen) atoms. The van der Waals surface area contributed by atoms with Gasteiger partial charge < -0.3 is 4.98 Å². The molecule has 0 bridgehead atoms. The summed E-state index contributed by atoms with van der Waals surface area (Å²) < 4.78 is 12.1. The van der Waals surface area contributed by atoms with Gasteiger partial charge in [-0.1, -0.05) is 11.3 Å². The topological polar surface area (TPSA) is 55.0 Å². The van der Waals surface area contributed by atoms with Crippen molar-refractivity contribution < 1.29 is 14.3 Å². The van der Waals surface area contributed by atoms with Crippen LogP contribution in [0.5, 0.6) is 0 Å². The van der Waals surface area contributed by atoms with Crippen LogP contribution in [0.4, 0.5) is 4.53 Å². The largest absolute Gasteiger partial charge is 0.381 e. The van der Waals surface area contributed by atoms with Crippen molar-refractivity contribution in [3.8, 4) is 0 Å². The molecule has 72 valence electrons. The Balaban J connectivity index is 2.61. The molecule has 0 aromatic carbocycles. The number of aromatic nitrogens is 2. The number of pyridine rings is 1. The van der Waals surface area contributed by atoms with Gasteiger partial charge in [-0.05, 0) is 18.3 Å². The second-order valence-corrected chi connectivity index (χ2v) is 4.12. The van der Waals surface area contributed by atoms with E-state index in [4.69, 9.17) is 12.2 Å². The summed E-state index contributed by atoms with van der Waals surface area (Å²) in [4.78, 5) is 21.3. The molecule has 4 nitrogen and oxygen atoms in total. The molecule has 0 spiro atoms. The lowest BCUT2D eigenvalue weighted by Crippen LogP contribution is -1.98. The fourth-order valence-electron chi connectivity index (χ4n) is 1.00. The van der Waals surface area contributed by atoms with Crippen molar-refractivity contribution in [2.24, 2.45) is 0 Å². The maximum Gasteiger partial charge on any atom is 0.381 e. The van der Waals surface area contributed by atoms with Crippen LogP contribution in [-0.4, -0.2) is 15.9 Å². The van der Waals surface area contributed by atoms with Crippen molar-refractivity contribution in [3.63, 3.8) is 0 Å². The third kappa shape index (κ3) is 1.51. The summed E-state index contributed by atoms with van der Waals surface area (Å²) in [6.45, 7) is 0. The van der Waals surface area contributed by atoms with E-state index in [0.29, 0.717) is 14.3 Å². The average Bonchev–Trinajstić information content (AvgIpc) is 2.55. The first kappa shape index (κ1) is 9.22. The molecule has 2 rings (SSSR count). The summed E-state index contributed by atoms with van der Waals surface area (Å²) in [6, 6.07) is 1.44. The van der Waals surface area contributed by atoms with E-state index in [1.54, 1.807) is 0 Å². The van der Waals surface area contributed by atoms with Gasteiger partial charge in [0.2, 0.25) is 0 Å². The SMILES string of the molecule is O=C(OF)c1cnc2sc(=S)[nH]c2c1. The van der Waals surface area contributed by atoms with E-state index in [9.17, 15) is 9.32 Å². The summed E-state index contributed by atoms with van der Waals surface area (Å²) in [5.74, 6) is -1.06. The third-order valence-corrected chi connectivity index (χ3v) is 2.74. The Bertz CT molecular complexity index is 548. The van der Waals surface area contributed by atoms with Crippen LogP contribution in [0.15, 0.2) is 12.3 Å². The third-order valence-electron chi connectivity index (χ3n) is 1.58. The molecule has 0 radical (unpaired) electrons. The number of nitrogens with one attached hydrogen (secondary N) is 1. The lowest BCUT2D eigenvalue weighted by Gasteiger charge is -1.93. The van der Waals surface area contributed by atoms with Crippen LogP contribution in [0.25, 0.3) is 10.3 Å². The molecule has 0 aliphatic rings. The number of halogens is 1. The Kier molecular flexibility index (Phi) is 2.26. The number of H-pyrrole nitrogens is 1. The lowest BCUT2D eigenvalue weighted by atomic mass is 10.3. The highest BCUT2D eigenvalue weighted by Crippen LogP contribution is 2.17. The Hall–Kier alpha value is -1.34. The van der Waals surface area contributed by atoms with Crippen LogP contribution in [0.3, 0.4) is 0 Å². The van der Waals surface area contributed by atoms with Crippen molar-refractivity contribution in [1.82, 2.24) is 9.97 Å². The van der Waals surface area contributed by atoms with Crippen LogP contribution in [0.2, 0.25) is 0 Å². The van der Waals surface area contributed by atoms with E-state index in [1.807, 2.05) is 0 Å². The number of thiazole rings is 1. The molecule has 1 N–H and O–H groups in total. The maximum atomic E-state index is 11.6. The van der Waals surface area contributed by atoms with E-state index >= 15 is 0 Å². The van der Waals surface area contributed by atoms with Gasteiger partial charge in [0, 0.05) is 10.7 Å². The van der Waals surface area contributed by atoms with Crippen molar-refractivity contribution >= 4 is 39.9 Å². The first-order valence-corrected chi connectivity index (χ1v) is 4.75. The maximum absolute atomic E-state index is 11.6. The number of fused-ring (bicyclic) bond motifs is 1. The summed E-state index contributed by atoms with van der Waals surface area (Å²) in [5.41, 5.74) is 0.645. The molecule has 0 aliphatic heterocycles. The van der Waals surface area contributed by atoms with Crippen molar-refractivity contribution in [1.29, 1.82) is 0 Å². The van der Waals surface area contributed by atoms with E-state index in [1.165, 1.54) is 23.6 Å². The Labute approximate surface area is 86.3 Å². The molecule has 7 heteroatoms. The zero-order valence-corrected chi connectivity index (χ0v) is 8.25. The van der Waals surface area contributed by atoms with E-state index in [0.717, 1.165) is 0 Å². The molecule has 0 amide bonds. The zero-order valence-electron chi connectivity index (χ0n) is 6.61. The number of aromatic amines is 1. The van der Waals surface area contributed by atoms with Gasteiger partial charge in [-0.15, -0.1) is 0 Å². The lowest BCUT2D eigenvalue weighted by molar-refractivity contribution is -0.0788. The number of nitrogens with zero attached hydrogens (tertiary/aromatic N) is 1. The minimum absolute atomic E-state index is 0.0454. The highest BCUT2D eigenvalue weighted by molar-refractivity contribution is 7.73. The van der Waals surface area contributed by atoms with Crippen LogP contribution >= 0.6 is 23.6 Å². The quantitative estimate of drug-likeness (QED) is 0.764. The molecule has 0 saturated carbocycles. The number of hydrogen-bond acceptors (Lipinski definition) is 5. The zero-order chi connectivity index (χ0) is 10.1. The van der Waals surface area contributed by atoms with Crippen LogP contribution in [0, 0.1) is 3.95 Å². The first-order valence-electron chi connectivity index (χ1n) is 3.52. The molecule has 0 atom stereocenters. The summed E-state index contributed by atoms with van der Waals surface area (Å²) >= 11 is 6.17. The predicted octanol–water partition coefficient (Wildman–Crippen LogP) is 2.40. The Morgan fingerprint density at radius 3 is 3.21 bits per heavy atom. The van der Waals surface area contributed by atoms with Gasteiger partial charge in [0.05, 0.1) is 11.1 Å². The summed E-state index contributed by atoms with van der Waals surface area (Å²) in [6.07, 6.45) is 1.24. The standard InChI is InChI=1S/C7H3FN2O2S2/c8-12-6(11)3-1-4-5(9-2-3)14-7(13)10-4/h1-2H,(H,10,13). The molecule has 2 aromatic rings. The monoisotopic (exact) mass is 230 g/mol. The molecule has 0 saturated heterocycles. The number of carbonyl (C=O) groups is 1. The molecule has 0 fully saturated rings. The molecular weight excluding hydrogens is 227 g/mol. The van der Waals surface area contributed by atoms with Crippen LogP contribution in [-0.2, 0) is 4.94 Å². The van der Waals surface area contributed by atoms with Crippen molar-refractivity contribution in [3.05, 3.63) is 21.8 Å². The van der Waals surface area contributed by atoms with E-state index in [-0.39, 0.29) is 5.56 Å². The van der Waals surface area contributed by atoms with E-state index < -0.39 is 5.97 Å². The highest BCUT2D eigenvalue weighted by atomic mass is 32.1. The Morgan fingerprint density at radius 1 is 1.71 bits per heavy atom. The summed E-state index contributed by atoms with van der Waals surface area (Å²) in [7, 11) is 0. The predicted molar refractivity (Wildman–Crippen MR) is 51.3 cm³/mol. The second kappa shape index (κ2) is 3.43. The minimum atomic E-state index is -1.06. The van der Waals surface area contributed by atoms with E-state index in [2.05, 4.69) is 14.9 Å². The fourth-order valence-corrected chi connectivity index (χ4v) is 2.01. The van der Waals surface area contributed by atoms with Gasteiger partial charge in [0.15, 0.2) is 3.95 Å². The van der Waals surface area contributed by atoms with Crippen LogP contribution < -0.4 is 0 Å². The summed E-state index contributed by atoms with van der Waals surface area (Å²) in [5, 5.41) is 0. The van der Waals surface area contributed by atoms with Gasteiger partial charge in [-0.25, -0.2) is 14.7 Å². The van der Waals surface area contributed by atoms with Gasteiger partial charge in [-0.3, -0.25) is 0 Å². The second-order valence-electron chi connectivity index (χ2n) is 2.46. The molecule has 2 aromatic heterocycles.